The minimum Gasteiger partial charge on any atom is -0.0726 e. The van der Waals surface area contributed by atoms with Crippen molar-refractivity contribution >= 4 is 11.6 Å². The fourth-order valence-corrected chi connectivity index (χ4v) is 3.83. The molecule has 1 atom stereocenters. The van der Waals surface area contributed by atoms with Crippen molar-refractivity contribution in [3.05, 3.63) is 107 Å². The average molecular weight is 292 g/mol. The minimum absolute atomic E-state index is 0.361. The van der Waals surface area contributed by atoms with E-state index < -0.39 is 0 Å². The first kappa shape index (κ1) is 12.7. The summed E-state index contributed by atoms with van der Waals surface area (Å²) in [6.45, 7) is 0. The Labute approximate surface area is 136 Å². The molecule has 0 N–H and O–H groups in total. The quantitative estimate of drug-likeness (QED) is 0.409. The monoisotopic (exact) mass is 292 g/mol. The van der Waals surface area contributed by atoms with Crippen molar-refractivity contribution in [2.75, 3.05) is 0 Å². The van der Waals surface area contributed by atoms with E-state index in [0.717, 1.165) is 0 Å². The third-order valence-electron chi connectivity index (χ3n) is 4.91. The van der Waals surface area contributed by atoms with Crippen LogP contribution in [0.2, 0.25) is 0 Å². The average Bonchev–Trinajstić information content (AvgIpc) is 3.16. The van der Waals surface area contributed by atoms with Gasteiger partial charge in [-0.15, -0.1) is 0 Å². The maximum absolute atomic E-state index is 2.42. The Morgan fingerprint density at radius 3 is 1.87 bits per heavy atom. The molecule has 0 saturated carbocycles. The highest BCUT2D eigenvalue weighted by Gasteiger charge is 2.24. The van der Waals surface area contributed by atoms with Gasteiger partial charge in [-0.1, -0.05) is 91.0 Å². The summed E-state index contributed by atoms with van der Waals surface area (Å²) in [5.41, 5.74) is 9.52. The zero-order valence-electron chi connectivity index (χ0n) is 12.7. The molecule has 108 valence electrons. The van der Waals surface area contributed by atoms with Crippen LogP contribution in [0, 0.1) is 0 Å². The van der Waals surface area contributed by atoms with Gasteiger partial charge in [0.2, 0.25) is 0 Å². The number of fused-ring (bicyclic) bond motifs is 4. The van der Waals surface area contributed by atoms with Crippen LogP contribution in [0.5, 0.6) is 0 Å². The van der Waals surface area contributed by atoms with Crippen molar-refractivity contribution in [1.29, 1.82) is 0 Å². The molecule has 2 aliphatic rings. The highest BCUT2D eigenvalue weighted by molar-refractivity contribution is 6.01. The summed E-state index contributed by atoms with van der Waals surface area (Å²) >= 11 is 0. The van der Waals surface area contributed by atoms with Crippen molar-refractivity contribution in [3.8, 4) is 11.1 Å². The van der Waals surface area contributed by atoms with Gasteiger partial charge in [-0.2, -0.15) is 0 Å². The van der Waals surface area contributed by atoms with Crippen molar-refractivity contribution in [2.45, 2.75) is 5.92 Å². The zero-order chi connectivity index (χ0) is 15.2. The first-order valence-corrected chi connectivity index (χ1v) is 8.10. The zero-order valence-corrected chi connectivity index (χ0v) is 12.7. The van der Waals surface area contributed by atoms with E-state index >= 15 is 0 Å². The lowest BCUT2D eigenvalue weighted by Crippen LogP contribution is -1.91. The van der Waals surface area contributed by atoms with Gasteiger partial charge in [0.25, 0.3) is 0 Å². The van der Waals surface area contributed by atoms with Crippen LogP contribution in [-0.2, 0) is 0 Å². The Hall–Kier alpha value is -2.86. The predicted molar refractivity (Wildman–Crippen MR) is 97.2 cm³/mol. The molecule has 2 aliphatic carbocycles. The molecule has 3 aromatic carbocycles. The van der Waals surface area contributed by atoms with Gasteiger partial charge < -0.3 is 0 Å². The van der Waals surface area contributed by atoms with Crippen LogP contribution in [0.3, 0.4) is 0 Å². The SMILES string of the molecule is C1=CC(C=C2c3ccccc3-c3ccccc32)c2ccccc21. The van der Waals surface area contributed by atoms with Crippen LogP contribution in [0.15, 0.2) is 84.9 Å². The largest absolute Gasteiger partial charge is 0.0726 e. The van der Waals surface area contributed by atoms with Gasteiger partial charge >= 0.3 is 0 Å². The van der Waals surface area contributed by atoms with Gasteiger partial charge in [-0.25, -0.2) is 0 Å². The van der Waals surface area contributed by atoms with Gasteiger partial charge in [0, 0.05) is 5.92 Å². The van der Waals surface area contributed by atoms with Crippen molar-refractivity contribution in [3.63, 3.8) is 0 Å². The summed E-state index contributed by atoms with van der Waals surface area (Å²) in [7, 11) is 0. The van der Waals surface area contributed by atoms with Gasteiger partial charge in [0.1, 0.15) is 0 Å². The van der Waals surface area contributed by atoms with Crippen molar-refractivity contribution in [1.82, 2.24) is 0 Å². The molecule has 0 aromatic heterocycles. The molecule has 0 fully saturated rings. The minimum atomic E-state index is 0.361. The number of hydrogen-bond acceptors (Lipinski definition) is 0. The molecule has 0 heteroatoms. The van der Waals surface area contributed by atoms with E-state index in [-0.39, 0.29) is 0 Å². The van der Waals surface area contributed by atoms with E-state index in [9.17, 15) is 0 Å². The molecule has 0 heterocycles. The first-order chi connectivity index (χ1) is 11.4. The summed E-state index contributed by atoms with van der Waals surface area (Å²) in [5, 5.41) is 0. The molecule has 0 aliphatic heterocycles. The molecule has 5 rings (SSSR count). The second-order valence-electron chi connectivity index (χ2n) is 6.19. The van der Waals surface area contributed by atoms with Crippen LogP contribution in [-0.4, -0.2) is 0 Å². The first-order valence-electron chi connectivity index (χ1n) is 8.10. The van der Waals surface area contributed by atoms with Crippen LogP contribution in [0.1, 0.15) is 28.2 Å². The number of allylic oxidation sites excluding steroid dienone is 2. The standard InChI is InChI=1S/C23H16/c1-2-8-18-16(7-1)13-14-17(18)15-23-21-11-5-3-9-19(21)20-10-4-6-12-22(20)23/h1-15,17H. The molecule has 0 nitrogen and oxygen atoms in total. The molecule has 0 amide bonds. The maximum atomic E-state index is 2.42. The van der Waals surface area contributed by atoms with E-state index in [1.807, 2.05) is 0 Å². The summed E-state index contributed by atoms with van der Waals surface area (Å²) in [5.74, 6) is 0.361. The summed E-state index contributed by atoms with van der Waals surface area (Å²) in [6, 6.07) is 26.1. The number of benzene rings is 3. The van der Waals surface area contributed by atoms with E-state index in [1.165, 1.54) is 39.0 Å². The Balaban J connectivity index is 1.71. The molecule has 0 spiro atoms. The molecule has 0 bridgehead atoms. The van der Waals surface area contributed by atoms with E-state index in [1.54, 1.807) is 0 Å². The summed E-state index contributed by atoms with van der Waals surface area (Å²) in [4.78, 5) is 0. The molecule has 1 unspecified atom stereocenters. The van der Waals surface area contributed by atoms with Gasteiger partial charge in [-0.05, 0) is 39.0 Å². The Bertz CT molecular complexity index is 925. The highest BCUT2D eigenvalue weighted by atomic mass is 14.3. The normalized spacial score (nSPS) is 16.9. The molecular weight excluding hydrogens is 276 g/mol. The predicted octanol–water partition coefficient (Wildman–Crippen LogP) is 5.91. The fourth-order valence-electron chi connectivity index (χ4n) is 3.83. The third kappa shape index (κ3) is 1.85. The van der Waals surface area contributed by atoms with Gasteiger partial charge in [0.05, 0.1) is 0 Å². The number of hydrogen-bond donors (Lipinski definition) is 0. The summed E-state index contributed by atoms with van der Waals surface area (Å²) in [6.07, 6.45) is 6.97. The van der Waals surface area contributed by atoms with Crippen molar-refractivity contribution < 1.29 is 0 Å². The smallest absolute Gasteiger partial charge is 0.0217 e. The van der Waals surface area contributed by atoms with Crippen LogP contribution >= 0.6 is 0 Å². The van der Waals surface area contributed by atoms with E-state index in [4.69, 9.17) is 0 Å². The Morgan fingerprint density at radius 2 is 1.17 bits per heavy atom. The molecule has 23 heavy (non-hydrogen) atoms. The maximum Gasteiger partial charge on any atom is 0.0217 e. The molecule has 0 radical (unpaired) electrons. The second-order valence-corrected chi connectivity index (χ2v) is 6.19. The summed E-state index contributed by atoms with van der Waals surface area (Å²) < 4.78 is 0. The molecule has 0 saturated heterocycles. The fraction of sp³-hybridized carbons (Fsp3) is 0.0435. The van der Waals surface area contributed by atoms with Crippen LogP contribution in [0.4, 0.5) is 0 Å². The van der Waals surface area contributed by atoms with E-state index in [2.05, 4.69) is 91.0 Å². The van der Waals surface area contributed by atoms with Gasteiger partial charge in [0.15, 0.2) is 0 Å². The van der Waals surface area contributed by atoms with Crippen LogP contribution in [0.25, 0.3) is 22.8 Å². The molecular formula is C23H16. The highest BCUT2D eigenvalue weighted by Crippen LogP contribution is 2.45. The third-order valence-corrected chi connectivity index (χ3v) is 4.91. The second kappa shape index (κ2) is 4.82. The Morgan fingerprint density at radius 1 is 0.609 bits per heavy atom. The Kier molecular flexibility index (Phi) is 2.65. The van der Waals surface area contributed by atoms with Crippen molar-refractivity contribution in [2.24, 2.45) is 0 Å². The van der Waals surface area contributed by atoms with Gasteiger partial charge in [-0.3, -0.25) is 0 Å². The lowest BCUT2D eigenvalue weighted by atomic mass is 9.94. The number of rotatable bonds is 1. The van der Waals surface area contributed by atoms with Crippen LogP contribution < -0.4 is 0 Å². The van der Waals surface area contributed by atoms with E-state index in [0.29, 0.717) is 5.92 Å². The topological polar surface area (TPSA) is 0 Å². The lowest BCUT2D eigenvalue weighted by molar-refractivity contribution is 1.11. The lowest BCUT2D eigenvalue weighted by Gasteiger charge is -2.09. The molecule has 3 aromatic rings.